The predicted octanol–water partition coefficient (Wildman–Crippen LogP) is 5.42. The van der Waals surface area contributed by atoms with Gasteiger partial charge in [-0.15, -0.1) is 0 Å². The fourth-order valence-electron chi connectivity index (χ4n) is 3.56. The third kappa shape index (κ3) is 3.98. The maximum atomic E-state index is 14.7. The Morgan fingerprint density at radius 1 is 1.34 bits per heavy atom. The van der Waals surface area contributed by atoms with E-state index in [0.717, 1.165) is 16.5 Å². The summed E-state index contributed by atoms with van der Waals surface area (Å²) in [5, 5.41) is 11.1. The van der Waals surface area contributed by atoms with E-state index < -0.39 is 0 Å². The standard InChI is InChI=1S/C23H26FN3OS/c1-13(23(25)26-3)17-7-6-8-18-20(21(14(2)28)27-22(17)18)15-9-10-16(12-29(4)5)19(24)11-15/h6-11,13,27-28H,2,4,12H2,1,3,5H3,(H2,25,26). The molecule has 0 aliphatic carbocycles. The van der Waals surface area contributed by atoms with Crippen molar-refractivity contribution in [1.82, 2.24) is 4.98 Å². The fraction of sp³-hybridized carbons (Fsp3) is 0.217. The summed E-state index contributed by atoms with van der Waals surface area (Å²) in [6, 6.07) is 11.0. The largest absolute Gasteiger partial charge is 0.506 e. The van der Waals surface area contributed by atoms with Gasteiger partial charge < -0.3 is 15.8 Å². The number of para-hydroxylation sites is 1. The van der Waals surface area contributed by atoms with E-state index in [4.69, 9.17) is 5.73 Å². The van der Waals surface area contributed by atoms with E-state index in [1.165, 1.54) is 6.07 Å². The molecule has 4 N–H and O–H groups in total. The molecule has 6 heteroatoms. The second kappa shape index (κ2) is 8.25. The zero-order valence-electron chi connectivity index (χ0n) is 16.9. The maximum absolute atomic E-state index is 14.7. The number of aliphatic hydroxyl groups excluding tert-OH is 1. The van der Waals surface area contributed by atoms with Crippen LogP contribution in [0, 0.1) is 5.82 Å². The molecule has 0 amide bonds. The van der Waals surface area contributed by atoms with E-state index in [1.807, 2.05) is 37.4 Å². The van der Waals surface area contributed by atoms with E-state index in [0.29, 0.717) is 34.0 Å². The van der Waals surface area contributed by atoms with Crippen molar-refractivity contribution in [3.8, 4) is 11.1 Å². The van der Waals surface area contributed by atoms with Crippen LogP contribution in [-0.4, -0.2) is 35.1 Å². The van der Waals surface area contributed by atoms with Crippen LogP contribution >= 0.6 is 10.5 Å². The summed E-state index contributed by atoms with van der Waals surface area (Å²) in [6.45, 7) is 5.66. The van der Waals surface area contributed by atoms with Crippen LogP contribution in [0.3, 0.4) is 0 Å². The molecule has 3 aromatic rings. The van der Waals surface area contributed by atoms with Crippen molar-refractivity contribution in [1.29, 1.82) is 0 Å². The lowest BCUT2D eigenvalue weighted by molar-refractivity contribution is 0.511. The van der Waals surface area contributed by atoms with E-state index in [9.17, 15) is 9.50 Å². The number of hydrogen-bond donors (Lipinski definition) is 3. The van der Waals surface area contributed by atoms with Crippen LogP contribution in [0.4, 0.5) is 4.39 Å². The Balaban J connectivity index is 2.25. The molecule has 0 saturated heterocycles. The average molecular weight is 412 g/mol. The number of amidine groups is 1. The van der Waals surface area contributed by atoms with Crippen molar-refractivity contribution in [3.05, 3.63) is 65.6 Å². The third-order valence-corrected chi connectivity index (χ3v) is 5.87. The molecule has 0 radical (unpaired) electrons. The molecule has 2 unspecified atom stereocenters. The molecule has 2 aromatic carbocycles. The smallest absolute Gasteiger partial charge is 0.132 e. The molecule has 152 valence electrons. The number of fused-ring (bicyclic) bond motifs is 1. The van der Waals surface area contributed by atoms with Gasteiger partial charge in [-0.3, -0.25) is 4.99 Å². The van der Waals surface area contributed by atoms with Crippen molar-refractivity contribution in [2.75, 3.05) is 13.3 Å². The lowest BCUT2D eigenvalue weighted by Gasteiger charge is -2.12. The molecular weight excluding hydrogens is 385 g/mol. The molecule has 0 bridgehead atoms. The minimum atomic E-state index is -0.277. The maximum Gasteiger partial charge on any atom is 0.132 e. The normalized spacial score (nSPS) is 14.1. The zero-order chi connectivity index (χ0) is 21.3. The highest BCUT2D eigenvalue weighted by atomic mass is 32.2. The number of H-pyrrole nitrogens is 1. The number of aliphatic imine (C=N–C) groups is 1. The van der Waals surface area contributed by atoms with Gasteiger partial charge in [0, 0.05) is 29.7 Å². The number of hydrogen-bond acceptors (Lipinski definition) is 2. The van der Waals surface area contributed by atoms with Crippen molar-refractivity contribution in [2.24, 2.45) is 10.7 Å². The molecule has 0 saturated carbocycles. The van der Waals surface area contributed by atoms with Gasteiger partial charge in [0.05, 0.1) is 11.2 Å². The lowest BCUT2D eigenvalue weighted by atomic mass is 9.94. The number of nitrogens with one attached hydrogen (secondary N) is 1. The second-order valence-electron chi connectivity index (χ2n) is 7.19. The second-order valence-corrected chi connectivity index (χ2v) is 9.05. The van der Waals surface area contributed by atoms with Crippen LogP contribution < -0.4 is 5.73 Å². The Morgan fingerprint density at radius 2 is 2.07 bits per heavy atom. The average Bonchev–Trinajstić information content (AvgIpc) is 3.08. The zero-order valence-corrected chi connectivity index (χ0v) is 17.7. The van der Waals surface area contributed by atoms with Gasteiger partial charge in [-0.25, -0.2) is 4.39 Å². The van der Waals surface area contributed by atoms with Crippen LogP contribution in [0.15, 0.2) is 48.0 Å². The van der Waals surface area contributed by atoms with Crippen LogP contribution in [0.1, 0.15) is 29.7 Å². The van der Waals surface area contributed by atoms with Gasteiger partial charge in [0.25, 0.3) is 0 Å². The van der Waals surface area contributed by atoms with Crippen molar-refractivity contribution >= 4 is 38.9 Å². The lowest BCUT2D eigenvalue weighted by Crippen LogP contribution is -2.19. The number of nitrogens with zero attached hydrogens (tertiary/aromatic N) is 1. The molecule has 29 heavy (non-hydrogen) atoms. The van der Waals surface area contributed by atoms with E-state index in [2.05, 4.69) is 22.4 Å². The first-order valence-corrected chi connectivity index (χ1v) is 11.2. The number of rotatable bonds is 6. The first kappa shape index (κ1) is 20.9. The summed E-state index contributed by atoms with van der Waals surface area (Å²) >= 11 is 0. The summed E-state index contributed by atoms with van der Waals surface area (Å²) < 4.78 is 14.7. The van der Waals surface area contributed by atoms with Gasteiger partial charge in [-0.2, -0.15) is 10.5 Å². The number of halogens is 1. The molecule has 0 aliphatic rings. The van der Waals surface area contributed by atoms with Crippen LogP contribution in [0.2, 0.25) is 0 Å². The highest BCUT2D eigenvalue weighted by Crippen LogP contribution is 2.38. The van der Waals surface area contributed by atoms with Crippen LogP contribution in [0.25, 0.3) is 27.8 Å². The molecule has 1 heterocycles. The SMILES string of the molecule is C=C(O)c1[nH]c2c(C(C)C(N)=NC)cccc2c1-c1ccc(CS(=C)C)c(F)c1. The minimum Gasteiger partial charge on any atom is -0.506 e. The van der Waals surface area contributed by atoms with E-state index in [-0.39, 0.29) is 28.0 Å². The first-order valence-electron chi connectivity index (χ1n) is 9.20. The summed E-state index contributed by atoms with van der Waals surface area (Å²) in [4.78, 5) is 7.36. The van der Waals surface area contributed by atoms with Crippen LogP contribution in [0.5, 0.6) is 0 Å². The number of aromatic amines is 1. The number of nitrogens with two attached hydrogens (primary N) is 1. The molecule has 0 aliphatic heterocycles. The van der Waals surface area contributed by atoms with Crippen LogP contribution in [-0.2, 0) is 5.75 Å². The van der Waals surface area contributed by atoms with Gasteiger partial charge in [-0.05, 0) is 29.0 Å². The molecule has 0 fully saturated rings. The van der Waals surface area contributed by atoms with Gasteiger partial charge in [0.15, 0.2) is 0 Å². The Hall–Kier alpha value is -2.86. The Kier molecular flexibility index (Phi) is 5.94. The van der Waals surface area contributed by atoms with Crippen molar-refractivity contribution in [2.45, 2.75) is 18.6 Å². The highest BCUT2D eigenvalue weighted by Gasteiger charge is 2.21. The van der Waals surface area contributed by atoms with Crippen molar-refractivity contribution < 1.29 is 9.50 Å². The van der Waals surface area contributed by atoms with Crippen molar-refractivity contribution in [3.63, 3.8) is 0 Å². The first-order chi connectivity index (χ1) is 13.7. The third-order valence-electron chi connectivity index (χ3n) is 5.07. The Bertz CT molecular complexity index is 1150. The molecular formula is C23H26FN3OS. The van der Waals surface area contributed by atoms with Gasteiger partial charge in [0.1, 0.15) is 17.4 Å². The molecule has 2 atom stereocenters. The van der Waals surface area contributed by atoms with E-state index >= 15 is 0 Å². The number of benzene rings is 2. The fourth-order valence-corrected chi connectivity index (χ4v) is 4.32. The highest BCUT2D eigenvalue weighted by molar-refractivity contribution is 8.12. The Labute approximate surface area is 172 Å². The van der Waals surface area contributed by atoms with Gasteiger partial charge >= 0.3 is 0 Å². The summed E-state index contributed by atoms with van der Waals surface area (Å²) in [6.07, 6.45) is 1.98. The molecule has 0 spiro atoms. The van der Waals surface area contributed by atoms with E-state index in [1.54, 1.807) is 13.1 Å². The summed E-state index contributed by atoms with van der Waals surface area (Å²) in [5.74, 6) is 4.57. The quantitative estimate of drug-likeness (QED) is 0.219. The molecule has 1 aromatic heterocycles. The van der Waals surface area contributed by atoms with Gasteiger partial charge in [0.2, 0.25) is 0 Å². The summed E-state index contributed by atoms with van der Waals surface area (Å²) in [7, 11) is 1.52. The number of aliphatic hydroxyl groups is 1. The topological polar surface area (TPSA) is 74.4 Å². The predicted molar refractivity (Wildman–Crippen MR) is 126 cm³/mol. The Morgan fingerprint density at radius 3 is 2.66 bits per heavy atom. The molecule has 3 rings (SSSR count). The number of aromatic nitrogens is 1. The minimum absolute atomic E-state index is 0.107. The molecule has 4 nitrogen and oxygen atoms in total. The monoisotopic (exact) mass is 411 g/mol. The summed E-state index contributed by atoms with van der Waals surface area (Å²) in [5.41, 5.74) is 10.3. The van der Waals surface area contributed by atoms with Gasteiger partial charge in [-0.1, -0.05) is 49.7 Å².